The first-order valence-corrected chi connectivity index (χ1v) is 7.59. The number of benzene rings is 1. The zero-order chi connectivity index (χ0) is 13.0. The van der Waals surface area contributed by atoms with Crippen LogP contribution in [0.5, 0.6) is 0 Å². The van der Waals surface area contributed by atoms with Gasteiger partial charge in [0.2, 0.25) is 5.91 Å². The second-order valence-electron chi connectivity index (χ2n) is 3.47. The number of carbonyl (C=O) groups excluding carboxylic acids is 1. The molecule has 1 aromatic carbocycles. The smallest absolute Gasteiger partial charge is 0.248 e. The van der Waals surface area contributed by atoms with Crippen molar-refractivity contribution in [2.24, 2.45) is 0 Å². The summed E-state index contributed by atoms with van der Waals surface area (Å²) in [7, 11) is 0. The van der Waals surface area contributed by atoms with Gasteiger partial charge in [-0.3, -0.25) is 4.79 Å². The van der Waals surface area contributed by atoms with Crippen molar-refractivity contribution in [3.05, 3.63) is 55.6 Å². The SMILES string of the molecule is O=C(/C=C/c1cccs1)Nc1ccc(Br)c(Br)c1. The summed E-state index contributed by atoms with van der Waals surface area (Å²) in [6.07, 6.45) is 3.33. The standard InChI is InChI=1S/C13H9Br2NOS/c14-11-5-3-9(8-12(11)15)16-13(17)6-4-10-2-1-7-18-10/h1-8H,(H,16,17)/b6-4+. The van der Waals surface area contributed by atoms with E-state index in [1.807, 2.05) is 35.7 Å². The molecule has 2 nitrogen and oxygen atoms in total. The average molecular weight is 387 g/mol. The molecule has 0 fully saturated rings. The third-order valence-electron chi connectivity index (χ3n) is 2.13. The molecule has 5 heteroatoms. The molecule has 2 aromatic rings. The second kappa shape index (κ2) is 6.31. The Hall–Kier alpha value is -0.910. The predicted molar refractivity (Wildman–Crippen MR) is 83.8 cm³/mol. The summed E-state index contributed by atoms with van der Waals surface area (Å²) in [5.41, 5.74) is 0.755. The Kier molecular flexibility index (Phi) is 4.74. The van der Waals surface area contributed by atoms with Crippen LogP contribution in [0.25, 0.3) is 6.08 Å². The Labute approximate surface area is 126 Å². The largest absolute Gasteiger partial charge is 0.322 e. The molecule has 92 valence electrons. The van der Waals surface area contributed by atoms with Crippen molar-refractivity contribution in [3.63, 3.8) is 0 Å². The van der Waals surface area contributed by atoms with E-state index in [4.69, 9.17) is 0 Å². The number of carbonyl (C=O) groups is 1. The lowest BCUT2D eigenvalue weighted by molar-refractivity contribution is -0.111. The predicted octanol–water partition coefficient (Wildman–Crippen LogP) is 4.93. The van der Waals surface area contributed by atoms with E-state index >= 15 is 0 Å². The van der Waals surface area contributed by atoms with Crippen molar-refractivity contribution >= 4 is 60.9 Å². The highest BCUT2D eigenvalue weighted by Gasteiger charge is 2.01. The van der Waals surface area contributed by atoms with Gasteiger partial charge in [0.1, 0.15) is 0 Å². The number of anilines is 1. The first-order valence-electron chi connectivity index (χ1n) is 5.13. The first-order chi connectivity index (χ1) is 8.65. The van der Waals surface area contributed by atoms with Crippen molar-refractivity contribution in [1.29, 1.82) is 0 Å². The molecular formula is C13H9Br2NOS. The average Bonchev–Trinajstić information content (AvgIpc) is 2.84. The number of thiophene rings is 1. The quantitative estimate of drug-likeness (QED) is 0.744. The maximum Gasteiger partial charge on any atom is 0.248 e. The molecule has 0 aliphatic carbocycles. The van der Waals surface area contributed by atoms with Gasteiger partial charge in [-0.05, 0) is 67.6 Å². The highest BCUT2D eigenvalue weighted by Crippen LogP contribution is 2.26. The molecule has 2 rings (SSSR count). The normalized spacial score (nSPS) is 10.8. The van der Waals surface area contributed by atoms with Gasteiger partial charge >= 0.3 is 0 Å². The van der Waals surface area contributed by atoms with E-state index in [-0.39, 0.29) is 5.91 Å². The van der Waals surface area contributed by atoms with Gasteiger partial charge in [0.15, 0.2) is 0 Å². The molecule has 0 bridgehead atoms. The molecule has 1 amide bonds. The highest BCUT2D eigenvalue weighted by molar-refractivity contribution is 9.13. The van der Waals surface area contributed by atoms with Crippen LogP contribution >= 0.6 is 43.2 Å². The molecule has 18 heavy (non-hydrogen) atoms. The van der Waals surface area contributed by atoms with E-state index in [0.717, 1.165) is 19.5 Å². The number of rotatable bonds is 3. The van der Waals surface area contributed by atoms with Crippen LogP contribution in [-0.4, -0.2) is 5.91 Å². The van der Waals surface area contributed by atoms with Gasteiger partial charge in [0.05, 0.1) is 0 Å². The molecule has 1 N–H and O–H groups in total. The summed E-state index contributed by atoms with van der Waals surface area (Å²) in [4.78, 5) is 12.7. The molecule has 1 heterocycles. The van der Waals surface area contributed by atoms with Gasteiger partial charge < -0.3 is 5.32 Å². The fourth-order valence-corrected chi connectivity index (χ4v) is 2.55. The van der Waals surface area contributed by atoms with Crippen LogP contribution in [-0.2, 0) is 4.79 Å². The minimum atomic E-state index is -0.141. The van der Waals surface area contributed by atoms with Crippen LogP contribution in [0.15, 0.2) is 50.7 Å². The molecule has 0 radical (unpaired) electrons. The summed E-state index contributed by atoms with van der Waals surface area (Å²) in [6, 6.07) is 9.48. The number of halogens is 2. The lowest BCUT2D eigenvalue weighted by Crippen LogP contribution is -2.07. The zero-order valence-electron chi connectivity index (χ0n) is 9.19. The minimum Gasteiger partial charge on any atom is -0.322 e. The van der Waals surface area contributed by atoms with Gasteiger partial charge in [-0.25, -0.2) is 0 Å². The van der Waals surface area contributed by atoms with E-state index in [9.17, 15) is 4.79 Å². The van der Waals surface area contributed by atoms with Crippen LogP contribution in [0.1, 0.15) is 4.88 Å². The van der Waals surface area contributed by atoms with Crippen molar-refractivity contribution in [3.8, 4) is 0 Å². The molecular weight excluding hydrogens is 378 g/mol. The van der Waals surface area contributed by atoms with Crippen LogP contribution in [0.3, 0.4) is 0 Å². The Bertz CT molecular complexity index is 579. The molecule has 0 saturated heterocycles. The third kappa shape index (κ3) is 3.80. The van der Waals surface area contributed by atoms with Crippen LogP contribution in [0.4, 0.5) is 5.69 Å². The second-order valence-corrected chi connectivity index (χ2v) is 6.15. The highest BCUT2D eigenvalue weighted by atomic mass is 79.9. The molecule has 0 saturated carbocycles. The Balaban J connectivity index is 2.01. The van der Waals surface area contributed by atoms with Gasteiger partial charge in [0.25, 0.3) is 0 Å². The lowest BCUT2D eigenvalue weighted by Gasteiger charge is -2.03. The maximum atomic E-state index is 11.7. The summed E-state index contributed by atoms with van der Waals surface area (Å²) >= 11 is 8.37. The maximum absolute atomic E-state index is 11.7. The van der Waals surface area contributed by atoms with Gasteiger partial charge in [-0.1, -0.05) is 6.07 Å². The fraction of sp³-hybridized carbons (Fsp3) is 0. The van der Waals surface area contributed by atoms with E-state index < -0.39 is 0 Å². The fourth-order valence-electron chi connectivity index (χ4n) is 1.30. The van der Waals surface area contributed by atoms with Crippen molar-refractivity contribution in [2.75, 3.05) is 5.32 Å². The van der Waals surface area contributed by atoms with Gasteiger partial charge in [-0.2, -0.15) is 0 Å². The monoisotopic (exact) mass is 385 g/mol. The molecule has 0 aliphatic heterocycles. The number of hydrogen-bond donors (Lipinski definition) is 1. The third-order valence-corrected chi connectivity index (χ3v) is 4.85. The number of amides is 1. The first kappa shape index (κ1) is 13.5. The molecule has 0 unspecified atom stereocenters. The van der Waals surface area contributed by atoms with E-state index in [1.54, 1.807) is 17.4 Å². The van der Waals surface area contributed by atoms with E-state index in [1.165, 1.54) is 6.08 Å². The molecule has 0 spiro atoms. The zero-order valence-corrected chi connectivity index (χ0v) is 13.2. The summed E-state index contributed by atoms with van der Waals surface area (Å²) in [5, 5.41) is 4.78. The molecule has 0 aliphatic rings. The number of hydrogen-bond acceptors (Lipinski definition) is 2. The molecule has 0 atom stereocenters. The minimum absolute atomic E-state index is 0.141. The van der Waals surface area contributed by atoms with Crippen molar-refractivity contribution in [2.45, 2.75) is 0 Å². The van der Waals surface area contributed by atoms with Crippen LogP contribution in [0, 0.1) is 0 Å². The molecule has 1 aromatic heterocycles. The van der Waals surface area contributed by atoms with E-state index in [2.05, 4.69) is 37.2 Å². The van der Waals surface area contributed by atoms with Gasteiger partial charge in [0, 0.05) is 25.6 Å². The van der Waals surface area contributed by atoms with E-state index in [0.29, 0.717) is 0 Å². The van der Waals surface area contributed by atoms with Crippen LogP contribution < -0.4 is 5.32 Å². The summed E-state index contributed by atoms with van der Waals surface area (Å²) in [5.74, 6) is -0.141. The van der Waals surface area contributed by atoms with Crippen molar-refractivity contribution in [1.82, 2.24) is 0 Å². The Morgan fingerprint density at radius 2 is 2.06 bits per heavy atom. The lowest BCUT2D eigenvalue weighted by atomic mass is 10.3. The van der Waals surface area contributed by atoms with Gasteiger partial charge in [-0.15, -0.1) is 11.3 Å². The van der Waals surface area contributed by atoms with Crippen LogP contribution in [0.2, 0.25) is 0 Å². The number of nitrogens with one attached hydrogen (secondary N) is 1. The summed E-state index contributed by atoms with van der Waals surface area (Å²) < 4.78 is 1.86. The Morgan fingerprint density at radius 1 is 1.22 bits per heavy atom. The van der Waals surface area contributed by atoms with Crippen molar-refractivity contribution < 1.29 is 4.79 Å². The topological polar surface area (TPSA) is 29.1 Å². The Morgan fingerprint density at radius 3 is 2.72 bits per heavy atom. The summed E-state index contributed by atoms with van der Waals surface area (Å²) in [6.45, 7) is 0.